The zero-order valence-electron chi connectivity index (χ0n) is 35.9. The normalized spacial score (nSPS) is 16.3. The van der Waals surface area contributed by atoms with Gasteiger partial charge in [0.05, 0.1) is 16.3 Å². The number of likely N-dealkylation sites (tertiary alicyclic amines) is 1. The van der Waals surface area contributed by atoms with Crippen LogP contribution < -0.4 is 10.0 Å². The van der Waals surface area contributed by atoms with Crippen LogP contribution in [0.1, 0.15) is 41.9 Å². The number of hydrogen-bond donors (Lipinski definition) is 2. The summed E-state index contributed by atoms with van der Waals surface area (Å²) in [6.45, 7) is 2.91. The highest BCUT2D eigenvalue weighted by atomic mass is 35.5. The van der Waals surface area contributed by atoms with Gasteiger partial charge in [0.25, 0.3) is 19.9 Å². The van der Waals surface area contributed by atoms with Crippen molar-refractivity contribution in [1.82, 2.24) is 24.7 Å². The zero-order chi connectivity index (χ0) is 47.4. The van der Waals surface area contributed by atoms with Crippen LogP contribution in [0.2, 0.25) is 5.02 Å². The monoisotopic (exact) mass is 995 g/mol. The average Bonchev–Trinajstić information content (AvgIpc) is 3.27. The van der Waals surface area contributed by atoms with Crippen molar-refractivity contribution >= 4 is 54.7 Å². The van der Waals surface area contributed by atoms with Gasteiger partial charge in [0, 0.05) is 53.0 Å². The molecule has 0 radical (unpaired) electrons. The van der Waals surface area contributed by atoms with Gasteiger partial charge in [0.2, 0.25) is 5.82 Å². The highest BCUT2D eigenvalue weighted by Crippen LogP contribution is 2.39. The van der Waals surface area contributed by atoms with E-state index in [0.29, 0.717) is 55.7 Å². The Bertz CT molecular complexity index is 2710. The number of benzene rings is 4. The summed E-state index contributed by atoms with van der Waals surface area (Å²) < 4.78 is 142. The maximum atomic E-state index is 14.3. The number of nitrogens with zero attached hydrogens (tertiary/aromatic N) is 5. The minimum absolute atomic E-state index is 0.00843. The predicted octanol–water partition coefficient (Wildman–Crippen LogP) is 9.46. The molecule has 2 aliphatic heterocycles. The first-order chi connectivity index (χ1) is 31.2. The lowest BCUT2D eigenvalue weighted by Gasteiger charge is -2.40. The van der Waals surface area contributed by atoms with Gasteiger partial charge in [-0.3, -0.25) is 14.5 Å². The Morgan fingerprint density at radius 3 is 2.21 bits per heavy atom. The molecule has 2 aliphatic rings. The second kappa shape index (κ2) is 20.4. The molecule has 7 rings (SSSR count). The summed E-state index contributed by atoms with van der Waals surface area (Å²) in [6.07, 6.45) is -3.23. The molecular weight excluding hydrogens is 948 g/mol. The quantitative estimate of drug-likeness (QED) is 0.0725. The number of fused-ring (bicyclic) bond motifs is 1. The summed E-state index contributed by atoms with van der Waals surface area (Å²) in [5, 5.41) is 3.54. The highest BCUT2D eigenvalue weighted by molar-refractivity contribution is 7.99. The van der Waals surface area contributed by atoms with Gasteiger partial charge in [-0.05, 0) is 119 Å². The van der Waals surface area contributed by atoms with Crippen molar-refractivity contribution in [2.75, 3.05) is 56.1 Å². The number of aromatic nitrogens is 2. The minimum Gasteiger partial charge on any atom is -0.380 e. The fraction of sp³-hybridized carbons (Fsp3) is 0.378. The van der Waals surface area contributed by atoms with Crippen LogP contribution in [-0.4, -0.2) is 105 Å². The molecule has 0 amide bonds. The number of hydrogen-bond acceptors (Lipinski definition) is 11. The van der Waals surface area contributed by atoms with Gasteiger partial charge >= 0.3 is 11.7 Å². The standard InChI is InChI=1S/C45H48ClF6N7O4S3/c1-57(2)22-18-33(29-64-35-9-4-3-5-10-35)53-39-17-16-36(26-41(39)65(60,61)45(50,51)52)66(62,63)56-42-38-21-25-59(28-40(38)54-43(55-42)44(47,48)49)34-19-23-58(24-20-34)27-31-8-6-7-11-37(31)30-12-14-32(46)15-13-30/h3-17,26,33-34,53H,18-25,27-29H2,1-2H3,(H,54,55,56)/t33-/m1/s1. The summed E-state index contributed by atoms with van der Waals surface area (Å²) in [4.78, 5) is 12.2. The molecule has 2 N–H and O–H groups in total. The van der Waals surface area contributed by atoms with Crippen LogP contribution in [0.15, 0.2) is 112 Å². The van der Waals surface area contributed by atoms with Gasteiger partial charge in [0.15, 0.2) is 0 Å². The van der Waals surface area contributed by atoms with Gasteiger partial charge in [-0.1, -0.05) is 66.2 Å². The van der Waals surface area contributed by atoms with E-state index in [0.717, 1.165) is 46.8 Å². The van der Waals surface area contributed by atoms with E-state index in [4.69, 9.17) is 11.6 Å². The Labute approximate surface area is 389 Å². The Kier molecular flexibility index (Phi) is 15.3. The largest absolute Gasteiger partial charge is 0.501 e. The lowest BCUT2D eigenvalue weighted by Crippen LogP contribution is -2.46. The van der Waals surface area contributed by atoms with E-state index in [2.05, 4.69) is 37.0 Å². The number of sulfonamides is 1. The second-order valence-corrected chi connectivity index (χ2v) is 21.6. The highest BCUT2D eigenvalue weighted by Gasteiger charge is 2.49. The molecule has 0 unspecified atom stereocenters. The molecule has 0 aliphatic carbocycles. The Balaban J connectivity index is 1.10. The summed E-state index contributed by atoms with van der Waals surface area (Å²) in [6, 6.07) is 26.5. The van der Waals surface area contributed by atoms with Crippen LogP contribution in [0.5, 0.6) is 0 Å². The molecule has 1 fully saturated rings. The fourth-order valence-electron chi connectivity index (χ4n) is 8.09. The molecule has 21 heteroatoms. The summed E-state index contributed by atoms with van der Waals surface area (Å²) in [7, 11) is -7.60. The van der Waals surface area contributed by atoms with Crippen molar-refractivity contribution in [3.63, 3.8) is 0 Å². The van der Waals surface area contributed by atoms with Crippen molar-refractivity contribution in [3.05, 3.63) is 125 Å². The molecule has 4 aromatic carbocycles. The summed E-state index contributed by atoms with van der Waals surface area (Å²) >= 11 is 7.51. The molecule has 66 heavy (non-hydrogen) atoms. The first-order valence-corrected chi connectivity index (χ1v) is 25.4. The molecule has 1 saturated heterocycles. The first-order valence-electron chi connectivity index (χ1n) is 21.0. The number of halogens is 7. The molecule has 3 heterocycles. The van der Waals surface area contributed by atoms with Gasteiger partial charge < -0.3 is 10.2 Å². The van der Waals surface area contributed by atoms with E-state index in [1.165, 1.54) is 11.8 Å². The minimum atomic E-state index is -6.16. The van der Waals surface area contributed by atoms with E-state index in [-0.39, 0.29) is 30.3 Å². The van der Waals surface area contributed by atoms with Gasteiger partial charge in [0.1, 0.15) is 10.7 Å². The van der Waals surface area contributed by atoms with Crippen molar-refractivity contribution in [2.24, 2.45) is 0 Å². The van der Waals surface area contributed by atoms with Crippen LogP contribution in [0.3, 0.4) is 0 Å². The zero-order valence-corrected chi connectivity index (χ0v) is 39.1. The molecule has 5 aromatic rings. The molecule has 354 valence electrons. The van der Waals surface area contributed by atoms with Crippen LogP contribution in [0, 0.1) is 0 Å². The predicted molar refractivity (Wildman–Crippen MR) is 245 cm³/mol. The Morgan fingerprint density at radius 2 is 1.55 bits per heavy atom. The number of rotatable bonds is 16. The first kappa shape index (κ1) is 49.5. The third-order valence-corrected chi connectivity index (χ3v) is 15.8. The number of alkyl halides is 6. The molecule has 0 spiro atoms. The maximum Gasteiger partial charge on any atom is 0.501 e. The number of anilines is 2. The van der Waals surface area contributed by atoms with Crippen LogP contribution in [-0.2, 0) is 45.5 Å². The number of thioether (sulfide) groups is 1. The van der Waals surface area contributed by atoms with E-state index >= 15 is 0 Å². The number of nitrogens with one attached hydrogen (secondary N) is 2. The summed E-state index contributed by atoms with van der Waals surface area (Å²) in [5.74, 6) is -1.99. The fourth-order valence-corrected chi connectivity index (χ4v) is 11.3. The number of piperidine rings is 1. The Morgan fingerprint density at radius 1 is 0.864 bits per heavy atom. The van der Waals surface area contributed by atoms with Crippen molar-refractivity contribution in [1.29, 1.82) is 0 Å². The number of sulfone groups is 1. The van der Waals surface area contributed by atoms with Crippen molar-refractivity contribution in [2.45, 2.75) is 77.2 Å². The third-order valence-electron chi connectivity index (χ3n) is 11.6. The SMILES string of the molecule is CN(C)CC[C@H](CSc1ccccc1)Nc1ccc(S(=O)(=O)Nc2nc(C(F)(F)F)nc3c2CCN(C2CCN(Cc4ccccc4-c4ccc(Cl)cc4)CC2)C3)cc1S(=O)(=O)C(F)(F)F. The van der Waals surface area contributed by atoms with Gasteiger partial charge in [-0.15, -0.1) is 11.8 Å². The molecule has 11 nitrogen and oxygen atoms in total. The van der Waals surface area contributed by atoms with Crippen molar-refractivity contribution in [3.8, 4) is 11.1 Å². The van der Waals surface area contributed by atoms with E-state index in [9.17, 15) is 43.2 Å². The van der Waals surface area contributed by atoms with Gasteiger partial charge in [-0.25, -0.2) is 26.8 Å². The Hall–Kier alpha value is -4.44. The topological polar surface area (TPSA) is 128 Å². The second-order valence-electron chi connectivity index (χ2n) is 16.5. The van der Waals surface area contributed by atoms with Gasteiger partial charge in [-0.2, -0.15) is 26.3 Å². The molecule has 0 bridgehead atoms. The van der Waals surface area contributed by atoms with Crippen LogP contribution in [0.25, 0.3) is 11.1 Å². The lowest BCUT2D eigenvalue weighted by molar-refractivity contribution is -0.145. The smallest absolute Gasteiger partial charge is 0.380 e. The molecular formula is C45H48ClF6N7O4S3. The maximum absolute atomic E-state index is 14.3. The third kappa shape index (κ3) is 12.0. The summed E-state index contributed by atoms with van der Waals surface area (Å²) in [5.41, 5.74) is -2.99. The average molecular weight is 997 g/mol. The van der Waals surface area contributed by atoms with Crippen LogP contribution in [0.4, 0.5) is 37.8 Å². The van der Waals surface area contributed by atoms with E-state index in [1.807, 2.05) is 76.5 Å². The van der Waals surface area contributed by atoms with E-state index in [1.54, 1.807) is 14.1 Å². The molecule has 0 saturated carbocycles. The van der Waals surface area contributed by atoms with Crippen molar-refractivity contribution < 1.29 is 43.2 Å². The van der Waals surface area contributed by atoms with Crippen LogP contribution >= 0.6 is 23.4 Å². The van der Waals surface area contributed by atoms with E-state index < -0.39 is 64.7 Å². The lowest BCUT2D eigenvalue weighted by atomic mass is 9.96. The molecule has 1 atom stereocenters. The molecule has 1 aromatic heterocycles.